The Morgan fingerprint density at radius 3 is 2.00 bits per heavy atom. The van der Waals surface area contributed by atoms with Crippen molar-refractivity contribution >= 4 is 22.2 Å². The molecule has 0 spiro atoms. The van der Waals surface area contributed by atoms with Crippen LogP contribution in [0.5, 0.6) is 0 Å². The Morgan fingerprint density at radius 1 is 1.11 bits per heavy atom. The molecule has 0 unspecified atom stereocenters. The van der Waals surface area contributed by atoms with Crippen molar-refractivity contribution in [1.29, 1.82) is 0 Å². The highest BCUT2D eigenvalue weighted by atomic mass is 35.5. The summed E-state index contributed by atoms with van der Waals surface area (Å²) in [5.41, 5.74) is 7.05. The second-order valence-electron chi connectivity index (χ2n) is 4.92. The first kappa shape index (κ1) is 17.4. The van der Waals surface area contributed by atoms with Crippen LogP contribution >= 0.6 is 12.4 Å². The van der Waals surface area contributed by atoms with E-state index in [1.807, 2.05) is 0 Å². The summed E-state index contributed by atoms with van der Waals surface area (Å²) in [4.78, 5) is 0.345. The van der Waals surface area contributed by atoms with Crippen molar-refractivity contribution in [1.82, 2.24) is 0 Å². The molecule has 1 aromatic rings. The van der Waals surface area contributed by atoms with Crippen LogP contribution in [0.4, 0.5) is 0 Å². The van der Waals surface area contributed by atoms with E-state index in [1.54, 1.807) is 24.3 Å². The average Bonchev–Trinajstić information content (AvgIpc) is 2.25. The standard InChI is InChI=1S/C13H21NO2S.ClH/c1-10(2)4-9-13(14)11-5-7-12(8-6-11)17(3,15)16;/h5-8,10,13H,4,9,14H2,1-3H3;1H/t13-;/m0./s1. The van der Waals surface area contributed by atoms with E-state index in [1.165, 1.54) is 6.26 Å². The molecule has 5 heteroatoms. The van der Waals surface area contributed by atoms with Crippen LogP contribution < -0.4 is 5.73 Å². The van der Waals surface area contributed by atoms with Gasteiger partial charge < -0.3 is 5.73 Å². The van der Waals surface area contributed by atoms with Gasteiger partial charge in [0.15, 0.2) is 9.84 Å². The maximum atomic E-state index is 11.3. The van der Waals surface area contributed by atoms with Gasteiger partial charge >= 0.3 is 0 Å². The van der Waals surface area contributed by atoms with Gasteiger partial charge in [-0.3, -0.25) is 0 Å². The molecule has 0 aliphatic carbocycles. The second kappa shape index (κ2) is 7.12. The van der Waals surface area contributed by atoms with Crippen molar-refractivity contribution in [2.24, 2.45) is 11.7 Å². The van der Waals surface area contributed by atoms with Gasteiger partial charge in [-0.15, -0.1) is 12.4 Å². The van der Waals surface area contributed by atoms with Gasteiger partial charge in [0, 0.05) is 12.3 Å². The van der Waals surface area contributed by atoms with Gasteiger partial charge in [0.05, 0.1) is 4.90 Å². The molecule has 1 aromatic carbocycles. The summed E-state index contributed by atoms with van der Waals surface area (Å²) in [6.07, 6.45) is 3.21. The Hall–Kier alpha value is -0.580. The lowest BCUT2D eigenvalue weighted by atomic mass is 9.98. The van der Waals surface area contributed by atoms with Gasteiger partial charge in [0.25, 0.3) is 0 Å². The van der Waals surface area contributed by atoms with Crippen molar-refractivity contribution in [3.8, 4) is 0 Å². The van der Waals surface area contributed by atoms with Gasteiger partial charge in [-0.05, 0) is 36.5 Å². The number of rotatable bonds is 5. The first-order valence-corrected chi connectivity index (χ1v) is 7.75. The zero-order valence-corrected chi connectivity index (χ0v) is 12.7. The Balaban J connectivity index is 0.00000289. The third-order valence-corrected chi connectivity index (χ3v) is 3.92. The molecule has 0 aliphatic heterocycles. The first-order valence-electron chi connectivity index (χ1n) is 5.86. The van der Waals surface area contributed by atoms with E-state index >= 15 is 0 Å². The molecule has 104 valence electrons. The van der Waals surface area contributed by atoms with E-state index in [0.717, 1.165) is 18.4 Å². The lowest BCUT2D eigenvalue weighted by molar-refractivity contribution is 0.507. The molecular weight excluding hydrogens is 270 g/mol. The van der Waals surface area contributed by atoms with Gasteiger partial charge in [-0.25, -0.2) is 8.42 Å². The minimum atomic E-state index is -3.11. The second-order valence-corrected chi connectivity index (χ2v) is 6.93. The molecule has 2 N–H and O–H groups in total. The summed E-state index contributed by atoms with van der Waals surface area (Å²) in [5.74, 6) is 0.636. The molecule has 18 heavy (non-hydrogen) atoms. The largest absolute Gasteiger partial charge is 0.324 e. The summed E-state index contributed by atoms with van der Waals surface area (Å²) >= 11 is 0. The highest BCUT2D eigenvalue weighted by Gasteiger charge is 2.10. The van der Waals surface area contributed by atoms with Crippen molar-refractivity contribution in [3.63, 3.8) is 0 Å². The molecule has 0 heterocycles. The van der Waals surface area contributed by atoms with E-state index in [4.69, 9.17) is 5.73 Å². The van der Waals surface area contributed by atoms with Crippen molar-refractivity contribution in [2.45, 2.75) is 37.6 Å². The topological polar surface area (TPSA) is 60.2 Å². The fraction of sp³-hybridized carbons (Fsp3) is 0.538. The molecule has 0 saturated carbocycles. The van der Waals surface area contributed by atoms with Crippen LogP contribution in [0.1, 0.15) is 38.3 Å². The van der Waals surface area contributed by atoms with Crippen LogP contribution in [-0.2, 0) is 9.84 Å². The van der Waals surface area contributed by atoms with E-state index in [0.29, 0.717) is 10.8 Å². The van der Waals surface area contributed by atoms with Gasteiger partial charge in [-0.2, -0.15) is 0 Å². The van der Waals surface area contributed by atoms with Crippen LogP contribution in [-0.4, -0.2) is 14.7 Å². The number of nitrogens with two attached hydrogens (primary N) is 1. The van der Waals surface area contributed by atoms with Crippen LogP contribution in [0.15, 0.2) is 29.2 Å². The maximum absolute atomic E-state index is 11.3. The molecule has 0 aliphatic rings. The van der Waals surface area contributed by atoms with Crippen LogP contribution in [0, 0.1) is 5.92 Å². The Bertz CT molecular complexity index is 454. The van der Waals surface area contributed by atoms with Crippen LogP contribution in [0.2, 0.25) is 0 Å². The quantitative estimate of drug-likeness (QED) is 0.907. The molecule has 0 aromatic heterocycles. The Kier molecular flexibility index (Phi) is 6.89. The molecule has 0 fully saturated rings. The van der Waals surface area contributed by atoms with Crippen molar-refractivity contribution < 1.29 is 8.42 Å². The predicted octanol–water partition coefficient (Wildman–Crippen LogP) is 2.95. The van der Waals surface area contributed by atoms with Crippen molar-refractivity contribution in [3.05, 3.63) is 29.8 Å². The fourth-order valence-corrected chi connectivity index (χ4v) is 2.27. The maximum Gasteiger partial charge on any atom is 0.175 e. The summed E-state index contributed by atoms with van der Waals surface area (Å²) in [6, 6.07) is 6.86. The van der Waals surface area contributed by atoms with Crippen LogP contribution in [0.3, 0.4) is 0 Å². The molecule has 0 amide bonds. The van der Waals surface area contributed by atoms with Crippen molar-refractivity contribution in [2.75, 3.05) is 6.26 Å². The molecule has 1 rings (SSSR count). The minimum Gasteiger partial charge on any atom is -0.324 e. The average molecular weight is 292 g/mol. The number of sulfone groups is 1. The fourth-order valence-electron chi connectivity index (χ4n) is 1.64. The van der Waals surface area contributed by atoms with E-state index in [2.05, 4.69) is 13.8 Å². The third-order valence-electron chi connectivity index (χ3n) is 2.79. The molecule has 1 atom stereocenters. The molecule has 3 nitrogen and oxygen atoms in total. The summed E-state index contributed by atoms with van der Waals surface area (Å²) in [6.45, 7) is 4.33. The zero-order valence-electron chi connectivity index (χ0n) is 11.1. The van der Waals surface area contributed by atoms with Gasteiger partial charge in [0.2, 0.25) is 0 Å². The number of hydrogen-bond acceptors (Lipinski definition) is 3. The SMILES string of the molecule is CC(C)CC[C@H](N)c1ccc(S(C)(=O)=O)cc1.Cl. The van der Waals surface area contributed by atoms with Gasteiger partial charge in [-0.1, -0.05) is 26.0 Å². The highest BCUT2D eigenvalue weighted by molar-refractivity contribution is 7.90. The normalized spacial score (nSPS) is 13.2. The van der Waals surface area contributed by atoms with E-state index in [-0.39, 0.29) is 18.4 Å². The molecular formula is C13H22ClNO2S. The molecule has 0 saturated heterocycles. The van der Waals surface area contributed by atoms with E-state index < -0.39 is 9.84 Å². The summed E-state index contributed by atoms with van der Waals surface area (Å²) in [7, 11) is -3.11. The number of halogens is 1. The minimum absolute atomic E-state index is 0. The first-order chi connectivity index (χ1) is 7.80. The lowest BCUT2D eigenvalue weighted by Crippen LogP contribution is -2.11. The van der Waals surface area contributed by atoms with Gasteiger partial charge in [0.1, 0.15) is 0 Å². The molecule has 0 bridgehead atoms. The lowest BCUT2D eigenvalue weighted by Gasteiger charge is -2.13. The highest BCUT2D eigenvalue weighted by Crippen LogP contribution is 2.20. The summed E-state index contributed by atoms with van der Waals surface area (Å²) in [5, 5.41) is 0. The zero-order chi connectivity index (χ0) is 13.1. The van der Waals surface area contributed by atoms with Crippen LogP contribution in [0.25, 0.3) is 0 Å². The number of benzene rings is 1. The monoisotopic (exact) mass is 291 g/mol. The third kappa shape index (κ3) is 5.38. The number of hydrogen-bond donors (Lipinski definition) is 1. The Morgan fingerprint density at radius 2 is 1.61 bits per heavy atom. The Labute approximate surface area is 116 Å². The molecule has 0 radical (unpaired) electrons. The van der Waals surface area contributed by atoms with E-state index in [9.17, 15) is 8.42 Å². The summed E-state index contributed by atoms with van der Waals surface area (Å²) < 4.78 is 22.6. The predicted molar refractivity (Wildman–Crippen MR) is 77.8 cm³/mol. The smallest absolute Gasteiger partial charge is 0.175 e.